The van der Waals surface area contributed by atoms with Crippen molar-refractivity contribution in [1.82, 2.24) is 20.4 Å². The quantitative estimate of drug-likeness (QED) is 0.540. The molecule has 0 aliphatic heterocycles. The Bertz CT molecular complexity index is 608. The van der Waals surface area contributed by atoms with E-state index >= 15 is 0 Å². The van der Waals surface area contributed by atoms with Crippen LogP contribution in [-0.2, 0) is 11.3 Å². The molecule has 0 radical (unpaired) electrons. The smallest absolute Gasteiger partial charge is 0.230 e. The average Bonchev–Trinajstić information content (AvgIpc) is 3.14. The molecule has 27 heavy (non-hydrogen) atoms. The monoisotopic (exact) mass is 373 g/mol. The number of guanidine groups is 1. The minimum atomic E-state index is -0.286. The second-order valence-electron chi connectivity index (χ2n) is 7.76. The van der Waals surface area contributed by atoms with Crippen LogP contribution in [-0.4, -0.2) is 69.5 Å². The van der Waals surface area contributed by atoms with E-state index < -0.39 is 0 Å². The van der Waals surface area contributed by atoms with Crippen molar-refractivity contribution in [3.63, 3.8) is 0 Å². The number of rotatable bonds is 8. The van der Waals surface area contributed by atoms with Crippen LogP contribution in [0.3, 0.4) is 0 Å². The van der Waals surface area contributed by atoms with Crippen molar-refractivity contribution in [2.75, 3.05) is 47.8 Å². The molecule has 1 aromatic rings. The van der Waals surface area contributed by atoms with Crippen molar-refractivity contribution >= 4 is 11.9 Å². The summed E-state index contributed by atoms with van der Waals surface area (Å²) in [5, 5.41) is 6.75. The Hall–Kier alpha value is -2.08. The standard InChI is InChI=1S/C21H35N5O/c1-22-20(23-14-15-26(4)16-18-10-6-5-7-11-18)24-17-21(12-8-9-13-21)19(27)25(2)3/h5-7,10-11H,8-9,12-17H2,1-4H3,(H2,22,23,24). The van der Waals surface area contributed by atoms with Crippen LogP contribution in [0.15, 0.2) is 35.3 Å². The fourth-order valence-electron chi connectivity index (χ4n) is 3.81. The van der Waals surface area contributed by atoms with Gasteiger partial charge in [-0.25, -0.2) is 0 Å². The number of likely N-dealkylation sites (N-methyl/N-ethyl adjacent to an activating group) is 1. The highest BCUT2D eigenvalue weighted by Crippen LogP contribution is 2.38. The molecule has 1 aromatic carbocycles. The Labute approximate surface area is 164 Å². The third kappa shape index (κ3) is 6.24. The lowest BCUT2D eigenvalue weighted by molar-refractivity contribution is -0.138. The van der Waals surface area contributed by atoms with E-state index in [0.717, 1.165) is 51.3 Å². The van der Waals surface area contributed by atoms with Crippen LogP contribution in [0.4, 0.5) is 0 Å². The maximum absolute atomic E-state index is 12.7. The molecule has 2 N–H and O–H groups in total. The summed E-state index contributed by atoms with van der Waals surface area (Å²) in [4.78, 5) is 21.0. The molecule has 6 nitrogen and oxygen atoms in total. The largest absolute Gasteiger partial charge is 0.355 e. The maximum Gasteiger partial charge on any atom is 0.230 e. The van der Waals surface area contributed by atoms with Crippen molar-refractivity contribution in [2.24, 2.45) is 10.4 Å². The summed E-state index contributed by atoms with van der Waals surface area (Å²) >= 11 is 0. The average molecular weight is 374 g/mol. The Morgan fingerprint density at radius 2 is 1.78 bits per heavy atom. The van der Waals surface area contributed by atoms with Gasteiger partial charge in [-0.2, -0.15) is 0 Å². The number of carbonyl (C=O) groups excluding carboxylic acids is 1. The SMILES string of the molecule is CN=C(NCCN(C)Cc1ccccc1)NCC1(C(=O)N(C)C)CCCC1. The van der Waals surface area contributed by atoms with Gasteiger partial charge in [0.2, 0.25) is 5.91 Å². The van der Waals surface area contributed by atoms with E-state index in [1.807, 2.05) is 20.2 Å². The van der Waals surface area contributed by atoms with Crippen molar-refractivity contribution in [3.05, 3.63) is 35.9 Å². The zero-order valence-electron chi connectivity index (χ0n) is 17.3. The molecular formula is C21H35N5O. The maximum atomic E-state index is 12.7. The zero-order valence-corrected chi connectivity index (χ0v) is 17.3. The van der Waals surface area contributed by atoms with Gasteiger partial charge < -0.3 is 20.4 Å². The number of benzene rings is 1. The summed E-state index contributed by atoms with van der Waals surface area (Å²) in [5.74, 6) is 0.992. The minimum absolute atomic E-state index is 0.227. The Morgan fingerprint density at radius 3 is 2.37 bits per heavy atom. The third-order valence-corrected chi connectivity index (χ3v) is 5.32. The van der Waals surface area contributed by atoms with Crippen LogP contribution in [0, 0.1) is 5.41 Å². The molecule has 1 aliphatic rings. The summed E-state index contributed by atoms with van der Waals surface area (Å²) < 4.78 is 0. The Balaban J connectivity index is 1.77. The lowest BCUT2D eigenvalue weighted by Crippen LogP contribution is -2.49. The second-order valence-corrected chi connectivity index (χ2v) is 7.76. The summed E-state index contributed by atoms with van der Waals surface area (Å²) in [5.41, 5.74) is 1.03. The highest BCUT2D eigenvalue weighted by Gasteiger charge is 2.42. The van der Waals surface area contributed by atoms with Gasteiger partial charge in [0.25, 0.3) is 0 Å². The first-order valence-electron chi connectivity index (χ1n) is 9.85. The molecular weight excluding hydrogens is 338 g/mol. The van der Waals surface area contributed by atoms with E-state index in [2.05, 4.69) is 51.8 Å². The molecule has 1 aliphatic carbocycles. The van der Waals surface area contributed by atoms with E-state index in [1.54, 1.807) is 11.9 Å². The lowest BCUT2D eigenvalue weighted by atomic mass is 9.84. The summed E-state index contributed by atoms with van der Waals surface area (Å²) in [6.07, 6.45) is 4.15. The molecule has 0 aromatic heterocycles. The van der Waals surface area contributed by atoms with Crippen molar-refractivity contribution in [3.8, 4) is 0 Å². The number of amides is 1. The van der Waals surface area contributed by atoms with Gasteiger partial charge >= 0.3 is 0 Å². The zero-order chi connectivity index (χ0) is 19.7. The molecule has 150 valence electrons. The van der Waals surface area contributed by atoms with Crippen LogP contribution in [0.2, 0.25) is 0 Å². The molecule has 1 amide bonds. The topological polar surface area (TPSA) is 60.0 Å². The van der Waals surface area contributed by atoms with Crippen molar-refractivity contribution < 1.29 is 4.79 Å². The van der Waals surface area contributed by atoms with E-state index in [1.165, 1.54) is 5.56 Å². The molecule has 6 heteroatoms. The second kappa shape index (κ2) is 10.3. The van der Waals surface area contributed by atoms with E-state index in [4.69, 9.17) is 0 Å². The fourth-order valence-corrected chi connectivity index (χ4v) is 3.81. The predicted octanol–water partition coefficient (Wildman–Crippen LogP) is 1.93. The van der Waals surface area contributed by atoms with Gasteiger partial charge in [0.05, 0.1) is 5.41 Å². The van der Waals surface area contributed by atoms with Gasteiger partial charge in [-0.3, -0.25) is 9.79 Å². The number of hydrogen-bond donors (Lipinski definition) is 2. The van der Waals surface area contributed by atoms with Crippen LogP contribution in [0.1, 0.15) is 31.2 Å². The molecule has 1 saturated carbocycles. The molecule has 0 unspecified atom stereocenters. The fraction of sp³-hybridized carbons (Fsp3) is 0.619. The molecule has 1 fully saturated rings. The molecule has 0 saturated heterocycles. The molecule has 0 atom stereocenters. The van der Waals surface area contributed by atoms with Crippen LogP contribution in [0.25, 0.3) is 0 Å². The van der Waals surface area contributed by atoms with Crippen molar-refractivity contribution in [1.29, 1.82) is 0 Å². The van der Waals surface area contributed by atoms with Gasteiger partial charge in [0, 0.05) is 47.3 Å². The predicted molar refractivity (Wildman–Crippen MR) is 112 cm³/mol. The number of nitrogens with one attached hydrogen (secondary N) is 2. The normalized spacial score (nSPS) is 16.4. The number of hydrogen-bond acceptors (Lipinski definition) is 3. The number of carbonyl (C=O) groups is 1. The highest BCUT2D eigenvalue weighted by atomic mass is 16.2. The van der Waals surface area contributed by atoms with Gasteiger partial charge in [-0.1, -0.05) is 43.2 Å². The molecule has 0 spiro atoms. The summed E-state index contributed by atoms with van der Waals surface area (Å²) in [6.45, 7) is 3.29. The Morgan fingerprint density at radius 1 is 1.11 bits per heavy atom. The van der Waals surface area contributed by atoms with Gasteiger partial charge in [0.1, 0.15) is 0 Å². The van der Waals surface area contributed by atoms with Crippen LogP contribution >= 0.6 is 0 Å². The van der Waals surface area contributed by atoms with E-state index in [9.17, 15) is 4.79 Å². The van der Waals surface area contributed by atoms with Crippen molar-refractivity contribution in [2.45, 2.75) is 32.2 Å². The number of nitrogens with zero attached hydrogens (tertiary/aromatic N) is 3. The van der Waals surface area contributed by atoms with Crippen LogP contribution in [0.5, 0.6) is 0 Å². The van der Waals surface area contributed by atoms with Gasteiger partial charge in [-0.15, -0.1) is 0 Å². The van der Waals surface area contributed by atoms with E-state index in [0.29, 0.717) is 6.54 Å². The summed E-state index contributed by atoms with van der Waals surface area (Å²) in [7, 11) is 7.59. The van der Waals surface area contributed by atoms with Crippen LogP contribution < -0.4 is 10.6 Å². The Kier molecular flexibility index (Phi) is 8.10. The first-order chi connectivity index (χ1) is 13.0. The summed E-state index contributed by atoms with van der Waals surface area (Å²) in [6, 6.07) is 10.5. The van der Waals surface area contributed by atoms with Gasteiger partial charge in [0.15, 0.2) is 5.96 Å². The molecule has 2 rings (SSSR count). The molecule has 0 heterocycles. The lowest BCUT2D eigenvalue weighted by Gasteiger charge is -2.31. The van der Waals surface area contributed by atoms with E-state index in [-0.39, 0.29) is 11.3 Å². The number of aliphatic imine (C=N–C) groups is 1. The third-order valence-electron chi connectivity index (χ3n) is 5.32. The van der Waals surface area contributed by atoms with Gasteiger partial charge in [-0.05, 0) is 25.5 Å². The first-order valence-corrected chi connectivity index (χ1v) is 9.85. The first kappa shape index (κ1) is 21.2. The molecule has 0 bridgehead atoms. The minimum Gasteiger partial charge on any atom is -0.355 e. The highest BCUT2D eigenvalue weighted by molar-refractivity contribution is 5.85.